The lowest BCUT2D eigenvalue weighted by Crippen LogP contribution is -2.19. The summed E-state index contributed by atoms with van der Waals surface area (Å²) in [5, 5.41) is 13.9. The number of nitrogens with zero attached hydrogens (tertiary/aromatic N) is 3. The van der Waals surface area contributed by atoms with Crippen molar-refractivity contribution in [1.29, 1.82) is 0 Å². The number of aromatic nitrogens is 3. The molecule has 1 unspecified atom stereocenters. The van der Waals surface area contributed by atoms with Crippen molar-refractivity contribution in [3.63, 3.8) is 0 Å². The minimum Gasteiger partial charge on any atom is -0.376 e. The van der Waals surface area contributed by atoms with Gasteiger partial charge < -0.3 is 15.4 Å². The summed E-state index contributed by atoms with van der Waals surface area (Å²) in [6.07, 6.45) is 5.88. The lowest BCUT2D eigenvalue weighted by atomic mass is 10.2. The fourth-order valence-corrected chi connectivity index (χ4v) is 1.65. The maximum atomic E-state index is 5.51. The first-order chi connectivity index (χ1) is 8.38. The van der Waals surface area contributed by atoms with E-state index in [9.17, 15) is 0 Å². The van der Waals surface area contributed by atoms with E-state index in [0.29, 0.717) is 18.3 Å². The normalized spacial score (nSPS) is 18.9. The van der Waals surface area contributed by atoms with Gasteiger partial charge in [0.1, 0.15) is 0 Å². The van der Waals surface area contributed by atoms with Gasteiger partial charge in [-0.1, -0.05) is 6.08 Å². The van der Waals surface area contributed by atoms with Crippen LogP contribution in [0.2, 0.25) is 0 Å². The third-order valence-corrected chi connectivity index (χ3v) is 2.50. The molecule has 0 spiro atoms. The first-order valence-electron chi connectivity index (χ1n) is 5.78. The molecule has 1 aromatic heterocycles. The average Bonchev–Trinajstić information content (AvgIpc) is 2.87. The summed E-state index contributed by atoms with van der Waals surface area (Å²) in [4.78, 5) is 4.27. The number of hydrogen-bond acceptors (Lipinski definition) is 6. The molecular weight excluding hydrogens is 218 g/mol. The van der Waals surface area contributed by atoms with Gasteiger partial charge in [-0.05, 0) is 12.8 Å². The molecule has 2 rings (SSSR count). The van der Waals surface area contributed by atoms with Crippen LogP contribution in [0.5, 0.6) is 0 Å². The Bertz CT molecular complexity index is 365. The summed E-state index contributed by atoms with van der Waals surface area (Å²) in [5.74, 6) is 1.21. The topological polar surface area (TPSA) is 72.0 Å². The van der Waals surface area contributed by atoms with Crippen LogP contribution in [0.25, 0.3) is 0 Å². The minimum atomic E-state index is 0.287. The summed E-state index contributed by atoms with van der Waals surface area (Å²) < 4.78 is 5.51. The second kappa shape index (κ2) is 6.15. The first kappa shape index (κ1) is 11.8. The van der Waals surface area contributed by atoms with E-state index in [4.69, 9.17) is 4.74 Å². The van der Waals surface area contributed by atoms with E-state index < -0.39 is 0 Å². The van der Waals surface area contributed by atoms with Crippen LogP contribution in [0.3, 0.4) is 0 Å². The van der Waals surface area contributed by atoms with E-state index >= 15 is 0 Å². The summed E-state index contributed by atoms with van der Waals surface area (Å²) in [6.45, 7) is 5.86. The van der Waals surface area contributed by atoms with Crippen LogP contribution in [-0.2, 0) is 4.74 Å². The van der Waals surface area contributed by atoms with Crippen molar-refractivity contribution in [2.45, 2.75) is 18.9 Å². The van der Waals surface area contributed by atoms with E-state index in [-0.39, 0.29) is 6.10 Å². The number of anilines is 2. The molecule has 17 heavy (non-hydrogen) atoms. The third-order valence-electron chi connectivity index (χ3n) is 2.50. The maximum absolute atomic E-state index is 5.51. The van der Waals surface area contributed by atoms with Gasteiger partial charge in [0.2, 0.25) is 5.95 Å². The molecular formula is C11H17N5O. The second-order valence-electron chi connectivity index (χ2n) is 3.85. The highest BCUT2D eigenvalue weighted by Crippen LogP contribution is 2.12. The van der Waals surface area contributed by atoms with Crippen molar-refractivity contribution in [1.82, 2.24) is 15.2 Å². The SMILES string of the molecule is C=CCNc1nncc(NCC2CCCO2)n1. The molecule has 6 heteroatoms. The monoisotopic (exact) mass is 235 g/mol. The highest BCUT2D eigenvalue weighted by atomic mass is 16.5. The highest BCUT2D eigenvalue weighted by molar-refractivity contribution is 5.37. The fourth-order valence-electron chi connectivity index (χ4n) is 1.65. The second-order valence-corrected chi connectivity index (χ2v) is 3.85. The molecule has 6 nitrogen and oxygen atoms in total. The van der Waals surface area contributed by atoms with Crippen LogP contribution in [0.4, 0.5) is 11.8 Å². The Morgan fingerprint density at radius 1 is 1.53 bits per heavy atom. The summed E-state index contributed by atoms with van der Waals surface area (Å²) in [5.41, 5.74) is 0. The zero-order valence-corrected chi connectivity index (χ0v) is 9.72. The third kappa shape index (κ3) is 3.67. The van der Waals surface area contributed by atoms with Gasteiger partial charge in [-0.25, -0.2) is 0 Å². The molecule has 1 atom stereocenters. The van der Waals surface area contributed by atoms with Crippen LogP contribution in [-0.4, -0.2) is 41.0 Å². The molecule has 0 saturated carbocycles. The molecule has 0 bridgehead atoms. The Kier molecular flexibility index (Phi) is 4.26. The lowest BCUT2D eigenvalue weighted by molar-refractivity contribution is 0.120. The first-order valence-corrected chi connectivity index (χ1v) is 5.78. The summed E-state index contributed by atoms with van der Waals surface area (Å²) in [7, 11) is 0. The van der Waals surface area contributed by atoms with Crippen molar-refractivity contribution >= 4 is 11.8 Å². The minimum absolute atomic E-state index is 0.287. The van der Waals surface area contributed by atoms with Gasteiger partial charge in [0.25, 0.3) is 0 Å². The van der Waals surface area contributed by atoms with Crippen LogP contribution >= 0.6 is 0 Å². The Morgan fingerprint density at radius 3 is 3.24 bits per heavy atom. The van der Waals surface area contributed by atoms with Gasteiger partial charge in [-0.2, -0.15) is 10.1 Å². The molecule has 0 amide bonds. The van der Waals surface area contributed by atoms with Gasteiger partial charge in [0.15, 0.2) is 5.82 Å². The molecule has 0 aliphatic carbocycles. The van der Waals surface area contributed by atoms with Gasteiger partial charge >= 0.3 is 0 Å². The van der Waals surface area contributed by atoms with Crippen molar-refractivity contribution in [2.75, 3.05) is 30.3 Å². The number of nitrogens with one attached hydrogen (secondary N) is 2. The van der Waals surface area contributed by atoms with E-state index in [1.54, 1.807) is 12.3 Å². The summed E-state index contributed by atoms with van der Waals surface area (Å²) in [6, 6.07) is 0. The lowest BCUT2D eigenvalue weighted by Gasteiger charge is -2.11. The van der Waals surface area contributed by atoms with Crippen LogP contribution in [0, 0.1) is 0 Å². The Morgan fingerprint density at radius 2 is 2.47 bits per heavy atom. The van der Waals surface area contributed by atoms with E-state index in [1.807, 2.05) is 0 Å². The van der Waals surface area contributed by atoms with Crippen LogP contribution < -0.4 is 10.6 Å². The van der Waals surface area contributed by atoms with Gasteiger partial charge in [0, 0.05) is 19.7 Å². The Labute approximate surface area is 100 Å². The van der Waals surface area contributed by atoms with E-state index in [2.05, 4.69) is 32.4 Å². The predicted molar refractivity (Wildman–Crippen MR) is 66.0 cm³/mol. The van der Waals surface area contributed by atoms with Crippen molar-refractivity contribution < 1.29 is 4.74 Å². The van der Waals surface area contributed by atoms with Gasteiger partial charge in [-0.3, -0.25) is 0 Å². The smallest absolute Gasteiger partial charge is 0.244 e. The number of hydrogen-bond donors (Lipinski definition) is 2. The van der Waals surface area contributed by atoms with Crippen molar-refractivity contribution in [2.24, 2.45) is 0 Å². The zero-order valence-electron chi connectivity index (χ0n) is 9.72. The summed E-state index contributed by atoms with van der Waals surface area (Å²) >= 11 is 0. The largest absolute Gasteiger partial charge is 0.376 e. The molecule has 2 heterocycles. The zero-order chi connectivity index (χ0) is 11.9. The Balaban J connectivity index is 1.84. The highest BCUT2D eigenvalue weighted by Gasteiger charge is 2.15. The van der Waals surface area contributed by atoms with Crippen molar-refractivity contribution in [3.8, 4) is 0 Å². The predicted octanol–water partition coefficient (Wildman–Crippen LogP) is 1.06. The van der Waals surface area contributed by atoms with Gasteiger partial charge in [0.05, 0.1) is 12.3 Å². The molecule has 92 valence electrons. The average molecular weight is 235 g/mol. The Hall–Kier alpha value is -1.69. The molecule has 1 aliphatic heterocycles. The van der Waals surface area contributed by atoms with E-state index in [1.165, 1.54) is 0 Å². The van der Waals surface area contributed by atoms with Crippen LogP contribution in [0.1, 0.15) is 12.8 Å². The van der Waals surface area contributed by atoms with Crippen molar-refractivity contribution in [3.05, 3.63) is 18.9 Å². The molecule has 0 aromatic carbocycles. The molecule has 0 radical (unpaired) electrons. The standard InChI is InChI=1S/C11H17N5O/c1-2-5-12-11-15-10(8-14-16-11)13-7-9-4-3-6-17-9/h2,8-9H,1,3-7H2,(H2,12,13,15,16). The molecule has 1 fully saturated rings. The molecule has 1 aliphatic rings. The quantitative estimate of drug-likeness (QED) is 0.718. The molecule has 1 aromatic rings. The number of ether oxygens (including phenoxy) is 1. The van der Waals surface area contributed by atoms with Crippen LogP contribution in [0.15, 0.2) is 18.9 Å². The number of rotatable bonds is 6. The fraction of sp³-hybridized carbons (Fsp3) is 0.545. The van der Waals surface area contributed by atoms with Gasteiger partial charge in [-0.15, -0.1) is 11.7 Å². The molecule has 2 N–H and O–H groups in total. The molecule has 1 saturated heterocycles. The maximum Gasteiger partial charge on any atom is 0.244 e. The van der Waals surface area contributed by atoms with E-state index in [0.717, 1.165) is 26.0 Å².